The average molecular weight is 290 g/mol. The molecule has 1 unspecified atom stereocenters. The summed E-state index contributed by atoms with van der Waals surface area (Å²) in [7, 11) is 0. The maximum absolute atomic E-state index is 12.6. The van der Waals surface area contributed by atoms with E-state index in [1.54, 1.807) is 6.20 Å². The van der Waals surface area contributed by atoms with Gasteiger partial charge in [-0.3, -0.25) is 9.59 Å². The first-order valence-electron chi connectivity index (χ1n) is 7.68. The third-order valence-corrected chi connectivity index (χ3v) is 4.36. The van der Waals surface area contributed by atoms with Crippen LogP contribution in [0.3, 0.4) is 0 Å². The maximum Gasteiger partial charge on any atom is 0.244 e. The number of hydrogen-bond acceptors (Lipinski definition) is 3. The van der Waals surface area contributed by atoms with Gasteiger partial charge in [0.2, 0.25) is 11.8 Å². The van der Waals surface area contributed by atoms with Crippen molar-refractivity contribution in [3.63, 3.8) is 0 Å². The number of fused-ring (bicyclic) bond motifs is 1. The van der Waals surface area contributed by atoms with Crippen LogP contribution in [0.15, 0.2) is 12.4 Å². The monoisotopic (exact) mass is 290 g/mol. The summed E-state index contributed by atoms with van der Waals surface area (Å²) in [5, 5.41) is 0. The van der Waals surface area contributed by atoms with E-state index in [1.165, 1.54) is 0 Å². The van der Waals surface area contributed by atoms with Gasteiger partial charge in [0.05, 0.1) is 0 Å². The van der Waals surface area contributed by atoms with Crippen molar-refractivity contribution < 1.29 is 9.59 Å². The molecule has 2 fully saturated rings. The van der Waals surface area contributed by atoms with Gasteiger partial charge in [-0.25, -0.2) is 4.98 Å². The number of nitrogens with zero attached hydrogens (tertiary/aromatic N) is 4. The van der Waals surface area contributed by atoms with E-state index in [2.05, 4.69) is 18.8 Å². The smallest absolute Gasteiger partial charge is 0.244 e. The van der Waals surface area contributed by atoms with E-state index in [0.717, 1.165) is 25.2 Å². The van der Waals surface area contributed by atoms with Gasteiger partial charge >= 0.3 is 0 Å². The highest BCUT2D eigenvalue weighted by Gasteiger charge is 2.39. The zero-order valence-corrected chi connectivity index (χ0v) is 12.7. The molecule has 6 heteroatoms. The first-order chi connectivity index (χ1) is 10.1. The second-order valence-electron chi connectivity index (χ2n) is 6.12. The zero-order valence-electron chi connectivity index (χ0n) is 12.7. The molecule has 0 bridgehead atoms. The quantitative estimate of drug-likeness (QED) is 0.840. The van der Waals surface area contributed by atoms with E-state index in [-0.39, 0.29) is 18.0 Å². The van der Waals surface area contributed by atoms with Gasteiger partial charge in [-0.15, -0.1) is 0 Å². The predicted octanol–water partition coefficient (Wildman–Crippen LogP) is 1.19. The first-order valence-corrected chi connectivity index (χ1v) is 7.68. The van der Waals surface area contributed by atoms with Crippen molar-refractivity contribution in [2.75, 3.05) is 13.1 Å². The molecule has 2 aliphatic heterocycles. The van der Waals surface area contributed by atoms with Crippen molar-refractivity contribution in [1.82, 2.24) is 19.4 Å². The van der Waals surface area contributed by atoms with Gasteiger partial charge in [-0.2, -0.15) is 0 Å². The first kappa shape index (κ1) is 14.1. The van der Waals surface area contributed by atoms with Crippen molar-refractivity contribution in [1.29, 1.82) is 0 Å². The van der Waals surface area contributed by atoms with E-state index in [9.17, 15) is 9.59 Å². The van der Waals surface area contributed by atoms with Crippen molar-refractivity contribution in [3.8, 4) is 0 Å². The minimum absolute atomic E-state index is 0.0234. The zero-order chi connectivity index (χ0) is 15.0. The van der Waals surface area contributed by atoms with E-state index in [0.29, 0.717) is 25.4 Å². The molecule has 1 atom stereocenters. The molecule has 0 radical (unpaired) electrons. The molecule has 0 aromatic carbocycles. The molecule has 3 rings (SSSR count). The Balaban J connectivity index is 1.73. The van der Waals surface area contributed by atoms with Crippen LogP contribution in [-0.4, -0.2) is 50.4 Å². The Morgan fingerprint density at radius 3 is 3.00 bits per heavy atom. The van der Waals surface area contributed by atoms with Crippen LogP contribution in [0.4, 0.5) is 0 Å². The van der Waals surface area contributed by atoms with Crippen LogP contribution in [0.25, 0.3) is 0 Å². The molecule has 0 spiro atoms. The number of carbonyl (C=O) groups excluding carboxylic acids is 2. The lowest BCUT2D eigenvalue weighted by molar-refractivity contribution is -0.150. The maximum atomic E-state index is 12.6. The highest BCUT2D eigenvalue weighted by Crippen LogP contribution is 2.26. The summed E-state index contributed by atoms with van der Waals surface area (Å²) in [6, 6.07) is 0. The van der Waals surface area contributed by atoms with Crippen LogP contribution < -0.4 is 0 Å². The van der Waals surface area contributed by atoms with E-state index >= 15 is 0 Å². The minimum atomic E-state index is -0.0234. The van der Waals surface area contributed by atoms with Gasteiger partial charge in [0.25, 0.3) is 0 Å². The van der Waals surface area contributed by atoms with Crippen molar-refractivity contribution in [2.24, 2.45) is 0 Å². The Bertz CT molecular complexity index is 552. The second-order valence-corrected chi connectivity index (χ2v) is 6.12. The summed E-state index contributed by atoms with van der Waals surface area (Å²) in [4.78, 5) is 32.6. The number of aromatic nitrogens is 2. The summed E-state index contributed by atoms with van der Waals surface area (Å²) in [5.41, 5.74) is 0. The highest BCUT2D eigenvalue weighted by molar-refractivity contribution is 5.82. The lowest BCUT2D eigenvalue weighted by Gasteiger charge is -2.39. The molecule has 21 heavy (non-hydrogen) atoms. The average Bonchev–Trinajstić information content (AvgIpc) is 3.07. The standard InChI is InChI=1S/C15H22N4O2/c1-11(2)15-16-6-9-17(15)10-14(21)19-8-5-13(20)18-7-3-4-12(18)19/h6,9,11-12H,3-5,7-8,10H2,1-2H3. The molecule has 2 amide bonds. The molecule has 0 aliphatic carbocycles. The molecule has 2 saturated heterocycles. The fourth-order valence-electron chi connectivity index (χ4n) is 3.36. The fourth-order valence-corrected chi connectivity index (χ4v) is 3.36. The molecule has 6 nitrogen and oxygen atoms in total. The minimum Gasteiger partial charge on any atom is -0.325 e. The van der Waals surface area contributed by atoms with Crippen LogP contribution in [0.5, 0.6) is 0 Å². The third-order valence-electron chi connectivity index (χ3n) is 4.36. The Morgan fingerprint density at radius 2 is 2.24 bits per heavy atom. The predicted molar refractivity (Wildman–Crippen MR) is 77.4 cm³/mol. The summed E-state index contributed by atoms with van der Waals surface area (Å²) < 4.78 is 1.92. The lowest BCUT2D eigenvalue weighted by Crippen LogP contribution is -2.55. The van der Waals surface area contributed by atoms with Crippen LogP contribution in [0.1, 0.15) is 44.9 Å². The van der Waals surface area contributed by atoms with Gasteiger partial charge in [0.1, 0.15) is 18.5 Å². The van der Waals surface area contributed by atoms with Crippen LogP contribution in [0.2, 0.25) is 0 Å². The molecule has 1 aromatic rings. The van der Waals surface area contributed by atoms with Gasteiger partial charge in [0.15, 0.2) is 0 Å². The molecule has 114 valence electrons. The fraction of sp³-hybridized carbons (Fsp3) is 0.667. The highest BCUT2D eigenvalue weighted by atomic mass is 16.2. The van der Waals surface area contributed by atoms with Crippen LogP contribution in [-0.2, 0) is 16.1 Å². The Kier molecular flexibility index (Phi) is 3.69. The number of rotatable bonds is 3. The van der Waals surface area contributed by atoms with Crippen molar-refractivity contribution in [2.45, 2.75) is 51.7 Å². The molecular weight excluding hydrogens is 268 g/mol. The summed E-state index contributed by atoms with van der Waals surface area (Å²) in [5.74, 6) is 1.49. The number of amides is 2. The van der Waals surface area contributed by atoms with Gasteiger partial charge in [-0.1, -0.05) is 13.8 Å². The van der Waals surface area contributed by atoms with Crippen molar-refractivity contribution in [3.05, 3.63) is 18.2 Å². The normalized spacial score (nSPS) is 22.0. The number of carbonyl (C=O) groups is 2. The van der Waals surface area contributed by atoms with Gasteiger partial charge in [0, 0.05) is 37.8 Å². The Hall–Kier alpha value is -1.85. The lowest BCUT2D eigenvalue weighted by atomic mass is 10.2. The van der Waals surface area contributed by atoms with E-state index in [4.69, 9.17) is 0 Å². The number of hydrogen-bond donors (Lipinski definition) is 0. The van der Waals surface area contributed by atoms with Crippen LogP contribution >= 0.6 is 0 Å². The Labute approximate surface area is 124 Å². The summed E-state index contributed by atoms with van der Waals surface area (Å²) in [6.07, 6.45) is 5.91. The molecule has 1 aromatic heterocycles. The molecule has 3 heterocycles. The second kappa shape index (κ2) is 5.50. The largest absolute Gasteiger partial charge is 0.325 e. The van der Waals surface area contributed by atoms with Gasteiger partial charge in [-0.05, 0) is 12.8 Å². The molecule has 2 aliphatic rings. The topological polar surface area (TPSA) is 58.4 Å². The number of imidazole rings is 1. The van der Waals surface area contributed by atoms with Crippen molar-refractivity contribution >= 4 is 11.8 Å². The Morgan fingerprint density at radius 1 is 1.43 bits per heavy atom. The molecule has 0 saturated carbocycles. The summed E-state index contributed by atoms with van der Waals surface area (Å²) >= 11 is 0. The molecule has 0 N–H and O–H groups in total. The van der Waals surface area contributed by atoms with E-state index < -0.39 is 0 Å². The third kappa shape index (κ3) is 2.54. The molecular formula is C15H22N4O2. The van der Waals surface area contributed by atoms with Crippen LogP contribution in [0, 0.1) is 0 Å². The van der Waals surface area contributed by atoms with E-state index in [1.807, 2.05) is 20.6 Å². The van der Waals surface area contributed by atoms with Gasteiger partial charge < -0.3 is 14.4 Å². The SMILES string of the molecule is CC(C)c1nccn1CC(=O)N1CCC(=O)N2CCCC21. The summed E-state index contributed by atoms with van der Waals surface area (Å²) in [6.45, 7) is 5.79.